The molecule has 1 aliphatic rings. The highest BCUT2D eigenvalue weighted by Gasteiger charge is 2.45. The molecule has 1 N–H and O–H groups in total. The van der Waals surface area contributed by atoms with Crippen molar-refractivity contribution in [2.45, 2.75) is 77.6 Å². The Labute approximate surface area is 223 Å². The summed E-state index contributed by atoms with van der Waals surface area (Å²) in [6.07, 6.45) is 8.48. The van der Waals surface area contributed by atoms with Crippen LogP contribution in [-0.2, 0) is 33.4 Å². The molecule has 0 amide bonds. The molecule has 0 heterocycles. The lowest BCUT2D eigenvalue weighted by molar-refractivity contribution is -0.149. The van der Waals surface area contributed by atoms with Crippen molar-refractivity contribution in [2.24, 2.45) is 11.8 Å². The molecule has 9 nitrogen and oxygen atoms in total. The number of aliphatic carboxylic acids is 1. The number of hydrogen-bond acceptors (Lipinski definition) is 8. The Balaban J connectivity index is 2.17. The Morgan fingerprint density at radius 2 is 1.66 bits per heavy atom. The van der Waals surface area contributed by atoms with Gasteiger partial charge in [0.25, 0.3) is 0 Å². The summed E-state index contributed by atoms with van der Waals surface area (Å²) >= 11 is 0. The van der Waals surface area contributed by atoms with Gasteiger partial charge in [0.2, 0.25) is 0 Å². The summed E-state index contributed by atoms with van der Waals surface area (Å²) in [7, 11) is 0. The molecule has 1 aliphatic carbocycles. The van der Waals surface area contributed by atoms with E-state index in [0.717, 1.165) is 0 Å². The van der Waals surface area contributed by atoms with E-state index < -0.39 is 42.2 Å². The number of carboxylic acids is 1. The second-order valence-electron chi connectivity index (χ2n) is 9.25. The third-order valence-corrected chi connectivity index (χ3v) is 6.12. The van der Waals surface area contributed by atoms with Crippen molar-refractivity contribution < 1.29 is 43.2 Å². The smallest absolute Gasteiger partial charge is 0.303 e. The first-order valence-corrected chi connectivity index (χ1v) is 12.9. The normalized spacial score (nSPS) is 21.8. The van der Waals surface area contributed by atoms with Gasteiger partial charge < -0.3 is 24.1 Å². The fourth-order valence-electron chi connectivity index (χ4n) is 4.56. The van der Waals surface area contributed by atoms with Gasteiger partial charge in [0, 0.05) is 51.9 Å². The number of rotatable bonds is 15. The zero-order chi connectivity index (χ0) is 27.9. The van der Waals surface area contributed by atoms with Crippen LogP contribution in [0.15, 0.2) is 54.6 Å². The molecule has 1 aromatic carbocycles. The Bertz CT molecular complexity index is 970. The van der Waals surface area contributed by atoms with Crippen molar-refractivity contribution in [1.29, 1.82) is 0 Å². The lowest BCUT2D eigenvalue weighted by atomic mass is 9.89. The van der Waals surface area contributed by atoms with Gasteiger partial charge in [0.1, 0.15) is 24.1 Å². The van der Waals surface area contributed by atoms with Crippen LogP contribution >= 0.6 is 0 Å². The Kier molecular flexibility index (Phi) is 13.1. The molecule has 5 unspecified atom stereocenters. The lowest BCUT2D eigenvalue weighted by Crippen LogP contribution is -2.25. The van der Waals surface area contributed by atoms with Gasteiger partial charge in [-0.25, -0.2) is 0 Å². The van der Waals surface area contributed by atoms with Gasteiger partial charge in [-0.15, -0.1) is 0 Å². The van der Waals surface area contributed by atoms with E-state index in [1.165, 1.54) is 20.8 Å². The molecule has 5 atom stereocenters. The number of ether oxygens (including phenoxy) is 4. The first-order chi connectivity index (χ1) is 18.2. The van der Waals surface area contributed by atoms with E-state index in [4.69, 9.17) is 24.1 Å². The van der Waals surface area contributed by atoms with Crippen LogP contribution in [0.25, 0.3) is 0 Å². The summed E-state index contributed by atoms with van der Waals surface area (Å²) in [5.74, 6) is -1.90. The van der Waals surface area contributed by atoms with E-state index in [1.54, 1.807) is 6.08 Å². The van der Waals surface area contributed by atoms with Gasteiger partial charge >= 0.3 is 23.9 Å². The fraction of sp³-hybridized carbons (Fsp3) is 0.517. The maximum absolute atomic E-state index is 11.8. The summed E-state index contributed by atoms with van der Waals surface area (Å²) in [5.41, 5.74) is 0. The topological polar surface area (TPSA) is 125 Å². The van der Waals surface area contributed by atoms with Crippen molar-refractivity contribution in [3.63, 3.8) is 0 Å². The van der Waals surface area contributed by atoms with Gasteiger partial charge in [-0.2, -0.15) is 0 Å². The molecule has 0 spiro atoms. The highest BCUT2D eigenvalue weighted by molar-refractivity contribution is 5.67. The van der Waals surface area contributed by atoms with Crippen LogP contribution in [0, 0.1) is 11.8 Å². The van der Waals surface area contributed by atoms with Crippen molar-refractivity contribution in [3.8, 4) is 5.75 Å². The number of carbonyl (C=O) groups is 4. The predicted molar refractivity (Wildman–Crippen MR) is 139 cm³/mol. The molecule has 208 valence electrons. The van der Waals surface area contributed by atoms with E-state index in [-0.39, 0.29) is 18.3 Å². The third-order valence-electron chi connectivity index (χ3n) is 6.12. The van der Waals surface area contributed by atoms with E-state index in [1.807, 2.05) is 48.6 Å². The van der Waals surface area contributed by atoms with Crippen molar-refractivity contribution in [1.82, 2.24) is 0 Å². The Hall–Kier alpha value is -3.62. The first-order valence-electron chi connectivity index (χ1n) is 12.9. The molecule has 1 fully saturated rings. The van der Waals surface area contributed by atoms with Gasteiger partial charge in [-0.3, -0.25) is 19.2 Å². The molecule has 2 rings (SSSR count). The summed E-state index contributed by atoms with van der Waals surface area (Å²) in [6, 6.07) is 9.31. The highest BCUT2D eigenvalue weighted by atomic mass is 16.6. The molecule has 1 saturated carbocycles. The SMILES string of the molecule is CC(=O)OC(/C=C/C1C(OC(C)=O)CC(OC(C)=O)C1C/C=C/CCCC(=O)O)CCOc1ccccc1. The fourth-order valence-corrected chi connectivity index (χ4v) is 4.56. The minimum atomic E-state index is -0.838. The lowest BCUT2D eigenvalue weighted by Gasteiger charge is -2.23. The van der Waals surface area contributed by atoms with Gasteiger partial charge in [0.05, 0.1) is 6.61 Å². The summed E-state index contributed by atoms with van der Waals surface area (Å²) < 4.78 is 22.4. The highest BCUT2D eigenvalue weighted by Crippen LogP contribution is 2.40. The number of para-hydroxylation sites is 1. The Morgan fingerprint density at radius 3 is 2.29 bits per heavy atom. The van der Waals surface area contributed by atoms with Crippen LogP contribution in [0.5, 0.6) is 5.75 Å². The molecular formula is C29H38O9. The molecule has 0 aromatic heterocycles. The Morgan fingerprint density at radius 1 is 0.974 bits per heavy atom. The summed E-state index contributed by atoms with van der Waals surface area (Å²) in [6.45, 7) is 4.33. The van der Waals surface area contributed by atoms with Crippen molar-refractivity contribution in [3.05, 3.63) is 54.6 Å². The van der Waals surface area contributed by atoms with E-state index in [0.29, 0.717) is 44.5 Å². The maximum Gasteiger partial charge on any atom is 0.303 e. The second kappa shape index (κ2) is 16.3. The molecule has 0 saturated heterocycles. The van der Waals surface area contributed by atoms with E-state index >= 15 is 0 Å². The number of carboxylic acid groups (broad SMARTS) is 1. The molecule has 0 bridgehead atoms. The minimum absolute atomic E-state index is 0.0925. The van der Waals surface area contributed by atoms with Gasteiger partial charge in [-0.1, -0.05) is 36.4 Å². The minimum Gasteiger partial charge on any atom is -0.493 e. The van der Waals surface area contributed by atoms with Crippen molar-refractivity contribution >= 4 is 23.9 Å². The predicted octanol–water partition coefficient (Wildman–Crippen LogP) is 4.64. The third kappa shape index (κ3) is 11.6. The molecule has 9 heteroatoms. The van der Waals surface area contributed by atoms with Gasteiger partial charge in [0.15, 0.2) is 0 Å². The number of hydrogen-bond donors (Lipinski definition) is 1. The molecule has 0 aliphatic heterocycles. The zero-order valence-electron chi connectivity index (χ0n) is 22.2. The van der Waals surface area contributed by atoms with E-state index in [2.05, 4.69) is 0 Å². The van der Waals surface area contributed by atoms with Gasteiger partial charge in [-0.05, 0) is 37.5 Å². The average Bonchev–Trinajstić information content (AvgIpc) is 3.13. The second-order valence-corrected chi connectivity index (χ2v) is 9.25. The molecule has 1 aromatic rings. The summed E-state index contributed by atoms with van der Waals surface area (Å²) in [5, 5.41) is 8.81. The first kappa shape index (κ1) is 30.6. The van der Waals surface area contributed by atoms with Crippen molar-refractivity contribution in [2.75, 3.05) is 6.61 Å². The van der Waals surface area contributed by atoms with Crippen LogP contribution < -0.4 is 4.74 Å². The summed E-state index contributed by atoms with van der Waals surface area (Å²) in [4.78, 5) is 46.1. The van der Waals surface area contributed by atoms with Crippen LogP contribution in [-0.4, -0.2) is 53.9 Å². The number of esters is 3. The molecular weight excluding hydrogens is 492 g/mol. The number of unbranched alkanes of at least 4 members (excludes halogenated alkanes) is 1. The van der Waals surface area contributed by atoms with Crippen LogP contribution in [0.1, 0.15) is 59.3 Å². The number of allylic oxidation sites excluding steroid dienone is 2. The van der Waals surface area contributed by atoms with E-state index in [9.17, 15) is 19.2 Å². The average molecular weight is 531 g/mol. The molecule has 0 radical (unpaired) electrons. The largest absolute Gasteiger partial charge is 0.493 e. The quantitative estimate of drug-likeness (QED) is 0.149. The standard InChI is InChI=1S/C29H38O9/c1-20(30)36-24(17-18-35-23-11-7-6-8-12-23)15-16-26-25(13-9-4-5-10-14-29(33)34)27(37-21(2)31)19-28(26)38-22(3)32/h4,6-9,11-12,15-16,24-28H,5,10,13-14,17-19H2,1-3H3,(H,33,34)/b9-4+,16-15+. The molecule has 38 heavy (non-hydrogen) atoms. The van der Waals surface area contributed by atoms with Crippen LogP contribution in [0.3, 0.4) is 0 Å². The van der Waals surface area contributed by atoms with Crippen LogP contribution in [0.4, 0.5) is 0 Å². The maximum atomic E-state index is 11.8. The van der Waals surface area contributed by atoms with Crippen LogP contribution in [0.2, 0.25) is 0 Å². The number of carbonyl (C=O) groups excluding carboxylic acids is 3. The zero-order valence-corrected chi connectivity index (χ0v) is 22.2. The number of benzene rings is 1. The monoisotopic (exact) mass is 530 g/mol.